The van der Waals surface area contributed by atoms with Crippen LogP contribution in [-0.2, 0) is 0 Å². The van der Waals surface area contributed by atoms with Crippen molar-refractivity contribution in [3.63, 3.8) is 0 Å². The lowest BCUT2D eigenvalue weighted by Gasteiger charge is -2.15. The molecular weight excluding hydrogens is 283 g/mol. The number of halogens is 2. The summed E-state index contributed by atoms with van der Waals surface area (Å²) in [5.74, 6) is 6.01. The molecule has 2 rings (SSSR count). The second-order valence-corrected chi connectivity index (χ2v) is 5.52. The second-order valence-electron chi connectivity index (χ2n) is 4.74. The minimum atomic E-state index is 0.320. The Morgan fingerprint density at radius 3 is 2.63 bits per heavy atom. The fourth-order valence-electron chi connectivity index (χ4n) is 2.21. The zero-order valence-electron chi connectivity index (χ0n) is 10.8. The molecule has 0 bridgehead atoms. The summed E-state index contributed by atoms with van der Waals surface area (Å²) in [6.45, 7) is 1.92. The zero-order valence-corrected chi connectivity index (χ0v) is 12.4. The van der Waals surface area contributed by atoms with Crippen LogP contribution in [0.15, 0.2) is 17.1 Å². The van der Waals surface area contributed by atoms with Crippen molar-refractivity contribution < 1.29 is 0 Å². The SMILES string of the molecule is Cc1ccc(Cl)c(NC(=NC2CCCC2)NN)c1Cl. The molecular formula is C13H18Cl2N4. The van der Waals surface area contributed by atoms with Crippen LogP contribution in [-0.4, -0.2) is 12.0 Å². The van der Waals surface area contributed by atoms with Crippen LogP contribution in [0.25, 0.3) is 0 Å². The minimum Gasteiger partial charge on any atom is -0.323 e. The van der Waals surface area contributed by atoms with Gasteiger partial charge in [-0.25, -0.2) is 10.8 Å². The van der Waals surface area contributed by atoms with Crippen molar-refractivity contribution in [2.24, 2.45) is 10.8 Å². The molecule has 1 saturated carbocycles. The van der Waals surface area contributed by atoms with Crippen molar-refractivity contribution in [3.05, 3.63) is 27.7 Å². The van der Waals surface area contributed by atoms with E-state index in [1.165, 1.54) is 12.8 Å². The molecule has 1 fully saturated rings. The molecule has 0 atom stereocenters. The number of hydrogen-bond donors (Lipinski definition) is 3. The highest BCUT2D eigenvalue weighted by Gasteiger charge is 2.16. The van der Waals surface area contributed by atoms with Crippen LogP contribution in [0.4, 0.5) is 5.69 Å². The summed E-state index contributed by atoms with van der Waals surface area (Å²) in [6, 6.07) is 4.00. The monoisotopic (exact) mass is 300 g/mol. The smallest absolute Gasteiger partial charge is 0.210 e. The lowest BCUT2D eigenvalue weighted by atomic mass is 10.2. The largest absolute Gasteiger partial charge is 0.323 e. The van der Waals surface area contributed by atoms with Gasteiger partial charge in [0.2, 0.25) is 5.96 Å². The molecule has 0 radical (unpaired) electrons. The Balaban J connectivity index is 2.20. The molecule has 0 amide bonds. The molecule has 0 saturated heterocycles. The molecule has 19 heavy (non-hydrogen) atoms. The summed E-state index contributed by atoms with van der Waals surface area (Å²) in [4.78, 5) is 4.55. The summed E-state index contributed by atoms with van der Waals surface area (Å²) in [5, 5.41) is 4.21. The summed E-state index contributed by atoms with van der Waals surface area (Å²) in [6.07, 6.45) is 4.64. The Labute approximate surface area is 123 Å². The Morgan fingerprint density at radius 1 is 1.32 bits per heavy atom. The molecule has 1 aliphatic rings. The van der Waals surface area contributed by atoms with Gasteiger partial charge in [0, 0.05) is 0 Å². The molecule has 0 aromatic heterocycles. The molecule has 0 heterocycles. The van der Waals surface area contributed by atoms with Crippen LogP contribution < -0.4 is 16.6 Å². The first-order valence-electron chi connectivity index (χ1n) is 6.38. The highest BCUT2D eigenvalue weighted by Crippen LogP contribution is 2.33. The maximum atomic E-state index is 6.25. The predicted molar refractivity (Wildman–Crippen MR) is 81.8 cm³/mol. The molecule has 4 N–H and O–H groups in total. The van der Waals surface area contributed by atoms with Gasteiger partial charge in [-0.1, -0.05) is 42.1 Å². The van der Waals surface area contributed by atoms with Gasteiger partial charge in [-0.2, -0.15) is 0 Å². The summed E-state index contributed by atoms with van der Waals surface area (Å²) >= 11 is 12.4. The Hall–Kier alpha value is -0.970. The second kappa shape index (κ2) is 6.46. The van der Waals surface area contributed by atoms with Crippen LogP contribution in [0, 0.1) is 6.92 Å². The van der Waals surface area contributed by atoms with E-state index in [2.05, 4.69) is 15.7 Å². The number of aryl methyl sites for hydroxylation is 1. The highest BCUT2D eigenvalue weighted by molar-refractivity contribution is 6.40. The molecule has 0 spiro atoms. The normalized spacial score (nSPS) is 16.7. The van der Waals surface area contributed by atoms with E-state index in [9.17, 15) is 0 Å². The number of hydrogen-bond acceptors (Lipinski definition) is 2. The molecule has 1 aliphatic carbocycles. The Kier molecular flexibility index (Phi) is 4.91. The van der Waals surface area contributed by atoms with Gasteiger partial charge in [-0.3, -0.25) is 5.43 Å². The van der Waals surface area contributed by atoms with Gasteiger partial charge in [-0.05, 0) is 31.4 Å². The van der Waals surface area contributed by atoms with Crippen molar-refractivity contribution in [3.8, 4) is 0 Å². The van der Waals surface area contributed by atoms with Gasteiger partial charge in [0.15, 0.2) is 0 Å². The van der Waals surface area contributed by atoms with Crippen molar-refractivity contribution in [2.75, 3.05) is 5.32 Å². The maximum Gasteiger partial charge on any atom is 0.210 e. The van der Waals surface area contributed by atoms with E-state index in [1.54, 1.807) is 6.07 Å². The van der Waals surface area contributed by atoms with Gasteiger partial charge < -0.3 is 5.32 Å². The number of benzene rings is 1. The van der Waals surface area contributed by atoms with E-state index < -0.39 is 0 Å². The number of hydrazine groups is 1. The molecule has 104 valence electrons. The minimum absolute atomic E-state index is 0.320. The summed E-state index contributed by atoms with van der Waals surface area (Å²) in [7, 11) is 0. The fourth-order valence-corrected chi connectivity index (χ4v) is 2.68. The fraction of sp³-hybridized carbons (Fsp3) is 0.462. The van der Waals surface area contributed by atoms with Gasteiger partial charge in [0.1, 0.15) is 0 Å². The van der Waals surface area contributed by atoms with Gasteiger partial charge in [0.05, 0.1) is 21.8 Å². The predicted octanol–water partition coefficient (Wildman–Crippen LogP) is 3.48. The zero-order chi connectivity index (χ0) is 13.8. The quantitative estimate of drug-likeness (QED) is 0.339. The van der Waals surface area contributed by atoms with Crippen LogP contribution >= 0.6 is 23.2 Å². The number of guanidine groups is 1. The number of nitrogens with two attached hydrogens (primary N) is 1. The van der Waals surface area contributed by atoms with Crippen molar-refractivity contribution in [2.45, 2.75) is 38.6 Å². The van der Waals surface area contributed by atoms with E-state index in [1.807, 2.05) is 13.0 Å². The van der Waals surface area contributed by atoms with E-state index in [0.717, 1.165) is 18.4 Å². The first kappa shape index (κ1) is 14.4. The summed E-state index contributed by atoms with van der Waals surface area (Å²) < 4.78 is 0. The van der Waals surface area contributed by atoms with Gasteiger partial charge >= 0.3 is 0 Å². The van der Waals surface area contributed by atoms with Crippen LogP contribution in [0.5, 0.6) is 0 Å². The molecule has 1 aromatic rings. The van der Waals surface area contributed by atoms with Gasteiger partial charge in [-0.15, -0.1) is 0 Å². The molecule has 4 nitrogen and oxygen atoms in total. The number of nitrogens with one attached hydrogen (secondary N) is 2. The maximum absolute atomic E-state index is 6.25. The van der Waals surface area contributed by atoms with Crippen LogP contribution in [0.3, 0.4) is 0 Å². The van der Waals surface area contributed by atoms with Crippen molar-refractivity contribution in [1.29, 1.82) is 0 Å². The number of anilines is 1. The summed E-state index contributed by atoms with van der Waals surface area (Å²) in [5.41, 5.74) is 4.16. The number of rotatable bonds is 2. The molecule has 0 unspecified atom stereocenters. The lowest BCUT2D eigenvalue weighted by Crippen LogP contribution is -2.37. The molecule has 6 heteroatoms. The third-order valence-electron chi connectivity index (χ3n) is 3.30. The number of nitrogens with zero attached hydrogens (tertiary/aromatic N) is 1. The van der Waals surface area contributed by atoms with Crippen LogP contribution in [0.2, 0.25) is 10.0 Å². The van der Waals surface area contributed by atoms with E-state index in [-0.39, 0.29) is 0 Å². The third-order valence-corrected chi connectivity index (χ3v) is 4.10. The Morgan fingerprint density at radius 2 is 2.00 bits per heavy atom. The highest BCUT2D eigenvalue weighted by atomic mass is 35.5. The Bertz CT molecular complexity index is 482. The molecule has 1 aromatic carbocycles. The average molecular weight is 301 g/mol. The standard InChI is InChI=1S/C13H18Cl2N4/c1-8-6-7-10(14)12(11(8)15)18-13(19-16)17-9-4-2-3-5-9/h6-7,9H,2-5,16H2,1H3,(H2,17,18,19). The van der Waals surface area contributed by atoms with E-state index in [0.29, 0.717) is 27.7 Å². The average Bonchev–Trinajstić information content (AvgIpc) is 2.90. The lowest BCUT2D eigenvalue weighted by molar-refractivity contribution is 0.700. The molecule has 0 aliphatic heterocycles. The van der Waals surface area contributed by atoms with Crippen LogP contribution in [0.1, 0.15) is 31.2 Å². The first-order valence-corrected chi connectivity index (χ1v) is 7.13. The van der Waals surface area contributed by atoms with E-state index >= 15 is 0 Å². The van der Waals surface area contributed by atoms with E-state index in [4.69, 9.17) is 29.0 Å². The van der Waals surface area contributed by atoms with Crippen molar-refractivity contribution >= 4 is 34.8 Å². The topological polar surface area (TPSA) is 62.4 Å². The van der Waals surface area contributed by atoms with Gasteiger partial charge in [0.25, 0.3) is 0 Å². The first-order chi connectivity index (χ1) is 9.11. The third kappa shape index (κ3) is 3.53. The number of aliphatic imine (C=N–C) groups is 1. The van der Waals surface area contributed by atoms with Crippen molar-refractivity contribution in [1.82, 2.24) is 5.43 Å².